The molecule has 1 aliphatic rings. The molecule has 8 heteroatoms. The maximum absolute atomic E-state index is 13.6. The van der Waals surface area contributed by atoms with Gasteiger partial charge in [0.05, 0.1) is 26.1 Å². The third kappa shape index (κ3) is 5.20. The summed E-state index contributed by atoms with van der Waals surface area (Å²) in [7, 11) is 2.91. The molecule has 1 aliphatic heterocycles. The monoisotopic (exact) mass is 408 g/mol. The molecule has 1 fully saturated rings. The molecule has 0 spiro atoms. The highest BCUT2D eigenvalue weighted by atomic mass is 19.4. The number of nitrogens with zero attached hydrogens (tertiary/aromatic N) is 1. The minimum Gasteiger partial charge on any atom is -0.497 e. The lowest BCUT2D eigenvalue weighted by Gasteiger charge is -2.21. The van der Waals surface area contributed by atoms with E-state index in [1.54, 1.807) is 23.1 Å². The van der Waals surface area contributed by atoms with Gasteiger partial charge in [-0.15, -0.1) is 0 Å². The molecule has 1 amide bonds. The molecule has 2 aromatic rings. The molecule has 0 radical (unpaired) electrons. The molecule has 2 unspecified atom stereocenters. The second-order valence-corrected chi connectivity index (χ2v) is 7.02. The maximum Gasteiger partial charge on any atom is 0.393 e. The average Bonchev–Trinajstić information content (AvgIpc) is 3.13. The molecule has 0 saturated carbocycles. The Morgan fingerprint density at radius 1 is 1.07 bits per heavy atom. The molecule has 1 heterocycles. The van der Waals surface area contributed by atoms with E-state index in [1.165, 1.54) is 14.2 Å². The van der Waals surface area contributed by atoms with Crippen molar-refractivity contribution in [2.24, 2.45) is 11.8 Å². The van der Waals surface area contributed by atoms with Gasteiger partial charge in [-0.1, -0.05) is 30.3 Å². The summed E-state index contributed by atoms with van der Waals surface area (Å²) in [6, 6.07) is 14.0. The third-order valence-electron chi connectivity index (χ3n) is 5.02. The van der Waals surface area contributed by atoms with E-state index in [2.05, 4.69) is 5.32 Å². The van der Waals surface area contributed by atoms with E-state index in [0.29, 0.717) is 23.7 Å². The molecular weight excluding hydrogens is 385 g/mol. The lowest BCUT2D eigenvalue weighted by Crippen LogP contribution is -2.36. The molecule has 156 valence electrons. The summed E-state index contributed by atoms with van der Waals surface area (Å²) in [5.41, 5.74) is 1.24. The van der Waals surface area contributed by atoms with Crippen LogP contribution in [0, 0.1) is 11.8 Å². The van der Waals surface area contributed by atoms with E-state index >= 15 is 0 Å². The number of anilines is 1. The molecule has 0 aromatic heterocycles. The number of carbonyl (C=O) groups is 1. The first-order valence-electron chi connectivity index (χ1n) is 9.17. The molecule has 2 aromatic carbocycles. The first kappa shape index (κ1) is 21.0. The Bertz CT molecular complexity index is 821. The summed E-state index contributed by atoms with van der Waals surface area (Å²) in [5.74, 6) is -2.72. The van der Waals surface area contributed by atoms with Gasteiger partial charge in [0.1, 0.15) is 11.5 Å². The van der Waals surface area contributed by atoms with E-state index in [1.807, 2.05) is 30.3 Å². The van der Waals surface area contributed by atoms with Crippen LogP contribution in [0.5, 0.6) is 11.5 Å². The van der Waals surface area contributed by atoms with E-state index in [-0.39, 0.29) is 13.1 Å². The number of carbonyl (C=O) groups excluding carboxylic acids is 1. The normalized spacial score (nSPS) is 19.8. The fourth-order valence-electron chi connectivity index (χ4n) is 3.57. The van der Waals surface area contributed by atoms with E-state index in [0.717, 1.165) is 5.56 Å². The number of methoxy groups -OCH3 is 2. The summed E-state index contributed by atoms with van der Waals surface area (Å²) in [6.07, 6.45) is -4.46. The number of amides is 1. The van der Waals surface area contributed by atoms with Gasteiger partial charge in [0.25, 0.3) is 0 Å². The summed E-state index contributed by atoms with van der Waals surface area (Å²) in [4.78, 5) is 14.4. The van der Waals surface area contributed by atoms with Crippen molar-refractivity contribution in [2.45, 2.75) is 12.7 Å². The van der Waals surface area contributed by atoms with Crippen molar-refractivity contribution in [3.8, 4) is 11.5 Å². The number of rotatable bonds is 6. The van der Waals surface area contributed by atoms with Gasteiger partial charge in [0.2, 0.25) is 5.91 Å². The van der Waals surface area contributed by atoms with Crippen LogP contribution < -0.4 is 14.8 Å². The van der Waals surface area contributed by atoms with Crippen LogP contribution in [0.15, 0.2) is 48.5 Å². The first-order chi connectivity index (χ1) is 13.8. The fraction of sp³-hybridized carbons (Fsp3) is 0.381. The average molecular weight is 408 g/mol. The standard InChI is InChI=1S/C21H23F3N2O3/c1-28-16-8-15(9-17(10-16)29-2)25-20(27)18-12-26(13-19(18)21(22,23)24)11-14-6-4-3-5-7-14/h3-10,18-19H,11-13H2,1-2H3,(H,25,27). The van der Waals surface area contributed by atoms with Crippen molar-refractivity contribution >= 4 is 11.6 Å². The van der Waals surface area contributed by atoms with E-state index in [9.17, 15) is 18.0 Å². The molecule has 0 bridgehead atoms. The van der Waals surface area contributed by atoms with Gasteiger partial charge in [-0.2, -0.15) is 13.2 Å². The van der Waals surface area contributed by atoms with Gasteiger partial charge in [-0.05, 0) is 5.56 Å². The number of halogens is 3. The van der Waals surface area contributed by atoms with Gasteiger partial charge in [0, 0.05) is 43.5 Å². The highest BCUT2D eigenvalue weighted by molar-refractivity contribution is 5.93. The first-order valence-corrected chi connectivity index (χ1v) is 9.17. The zero-order valence-electron chi connectivity index (χ0n) is 16.2. The Labute approximate surface area is 167 Å². The zero-order chi connectivity index (χ0) is 21.0. The van der Waals surface area contributed by atoms with Crippen LogP contribution in [0.3, 0.4) is 0 Å². The highest BCUT2D eigenvalue weighted by Crippen LogP contribution is 2.39. The topological polar surface area (TPSA) is 50.8 Å². The van der Waals surface area contributed by atoms with Crippen LogP contribution in [0.1, 0.15) is 5.56 Å². The second kappa shape index (κ2) is 8.73. The predicted octanol–water partition coefficient (Wildman–Crippen LogP) is 3.95. The van der Waals surface area contributed by atoms with Crippen molar-refractivity contribution in [1.29, 1.82) is 0 Å². The largest absolute Gasteiger partial charge is 0.497 e. The Hall–Kier alpha value is -2.74. The lowest BCUT2D eigenvalue weighted by atomic mass is 9.94. The van der Waals surface area contributed by atoms with E-state index < -0.39 is 23.9 Å². The van der Waals surface area contributed by atoms with Crippen LogP contribution in [-0.2, 0) is 11.3 Å². The molecule has 1 saturated heterocycles. The molecule has 3 rings (SSSR count). The van der Waals surface area contributed by atoms with Crippen LogP contribution in [0.4, 0.5) is 18.9 Å². The van der Waals surface area contributed by atoms with Gasteiger partial charge in [-0.25, -0.2) is 0 Å². The Morgan fingerprint density at radius 2 is 1.69 bits per heavy atom. The van der Waals surface area contributed by atoms with Gasteiger partial charge in [-0.3, -0.25) is 9.69 Å². The summed E-state index contributed by atoms with van der Waals surface area (Å²) in [6.45, 7) is 0.189. The number of likely N-dealkylation sites (tertiary alicyclic amines) is 1. The van der Waals surface area contributed by atoms with Gasteiger partial charge < -0.3 is 14.8 Å². The molecule has 0 aliphatic carbocycles. The van der Waals surface area contributed by atoms with Crippen LogP contribution in [0.25, 0.3) is 0 Å². The van der Waals surface area contributed by atoms with Crippen LogP contribution >= 0.6 is 0 Å². The molecule has 29 heavy (non-hydrogen) atoms. The summed E-state index contributed by atoms with van der Waals surface area (Å²) < 4.78 is 51.1. The summed E-state index contributed by atoms with van der Waals surface area (Å²) >= 11 is 0. The Kier molecular flexibility index (Phi) is 6.32. The number of alkyl halides is 3. The zero-order valence-corrected chi connectivity index (χ0v) is 16.2. The number of ether oxygens (including phenoxy) is 2. The summed E-state index contributed by atoms with van der Waals surface area (Å²) in [5, 5.41) is 2.59. The third-order valence-corrected chi connectivity index (χ3v) is 5.02. The van der Waals surface area contributed by atoms with Gasteiger partial charge in [0.15, 0.2) is 0 Å². The van der Waals surface area contributed by atoms with Crippen molar-refractivity contribution < 1.29 is 27.4 Å². The number of hydrogen-bond donors (Lipinski definition) is 1. The molecule has 5 nitrogen and oxygen atoms in total. The smallest absolute Gasteiger partial charge is 0.393 e. The quantitative estimate of drug-likeness (QED) is 0.786. The van der Waals surface area contributed by atoms with E-state index in [4.69, 9.17) is 9.47 Å². The number of hydrogen-bond acceptors (Lipinski definition) is 4. The lowest BCUT2D eigenvalue weighted by molar-refractivity contribution is -0.182. The van der Waals surface area contributed by atoms with Crippen molar-refractivity contribution in [3.63, 3.8) is 0 Å². The molecule has 1 N–H and O–H groups in total. The highest BCUT2D eigenvalue weighted by Gasteiger charge is 2.52. The molecular formula is C21H23F3N2O3. The molecule has 2 atom stereocenters. The minimum atomic E-state index is -4.46. The van der Waals surface area contributed by atoms with Crippen molar-refractivity contribution in [2.75, 3.05) is 32.6 Å². The Morgan fingerprint density at radius 3 is 2.24 bits per heavy atom. The van der Waals surface area contributed by atoms with Gasteiger partial charge >= 0.3 is 6.18 Å². The second-order valence-electron chi connectivity index (χ2n) is 7.02. The van der Waals surface area contributed by atoms with Crippen LogP contribution in [-0.4, -0.2) is 44.3 Å². The number of nitrogens with one attached hydrogen (secondary N) is 1. The maximum atomic E-state index is 13.6. The predicted molar refractivity (Wildman–Crippen MR) is 103 cm³/mol. The SMILES string of the molecule is COc1cc(NC(=O)C2CN(Cc3ccccc3)CC2C(F)(F)F)cc(OC)c1. The van der Waals surface area contributed by atoms with Crippen LogP contribution in [0.2, 0.25) is 0 Å². The minimum absolute atomic E-state index is 0.0337. The van der Waals surface area contributed by atoms with Crippen molar-refractivity contribution in [3.05, 3.63) is 54.1 Å². The fourth-order valence-corrected chi connectivity index (χ4v) is 3.57. The van der Waals surface area contributed by atoms with Crippen molar-refractivity contribution in [1.82, 2.24) is 4.90 Å². The Balaban J connectivity index is 1.76. The number of benzene rings is 2.